The minimum Gasteiger partial charge on any atom is -0.478 e. The summed E-state index contributed by atoms with van der Waals surface area (Å²) in [5, 5.41) is 9.19. The molecule has 1 aliphatic rings. The molecule has 0 spiro atoms. The zero-order valence-corrected chi connectivity index (χ0v) is 10.0. The van der Waals surface area contributed by atoms with Crippen LogP contribution in [0.2, 0.25) is 0 Å². The van der Waals surface area contributed by atoms with Crippen LogP contribution in [0.5, 0.6) is 0 Å². The number of carboxylic acids is 1. The summed E-state index contributed by atoms with van der Waals surface area (Å²) in [5.41, 5.74) is 0.277. The summed E-state index contributed by atoms with van der Waals surface area (Å²) in [7, 11) is 0. The first-order chi connectivity index (χ1) is 8.04. The van der Waals surface area contributed by atoms with Crippen molar-refractivity contribution in [3.05, 3.63) is 22.6 Å². The number of aromatic carboxylic acids is 1. The van der Waals surface area contributed by atoms with Crippen molar-refractivity contribution in [1.29, 1.82) is 0 Å². The Morgan fingerprint density at radius 2 is 2.18 bits per heavy atom. The molecular formula is C13H16O4. The summed E-state index contributed by atoms with van der Waals surface area (Å²) in [6.07, 6.45) is 3.47. The lowest BCUT2D eigenvalue weighted by molar-refractivity contribution is 0.0691. The van der Waals surface area contributed by atoms with Crippen molar-refractivity contribution >= 4 is 12.3 Å². The van der Waals surface area contributed by atoms with Crippen molar-refractivity contribution in [2.24, 2.45) is 5.92 Å². The van der Waals surface area contributed by atoms with Gasteiger partial charge in [-0.3, -0.25) is 4.79 Å². The highest BCUT2D eigenvalue weighted by Crippen LogP contribution is 2.36. The van der Waals surface area contributed by atoms with E-state index in [-0.39, 0.29) is 17.0 Å². The van der Waals surface area contributed by atoms with Crippen LogP contribution in [0.15, 0.2) is 4.42 Å². The van der Waals surface area contributed by atoms with Gasteiger partial charge in [-0.15, -0.1) is 0 Å². The van der Waals surface area contributed by atoms with E-state index in [0.717, 1.165) is 12.8 Å². The number of aldehydes is 1. The Morgan fingerprint density at radius 3 is 2.59 bits per heavy atom. The quantitative estimate of drug-likeness (QED) is 0.798. The maximum absolute atomic E-state index is 11.2. The first kappa shape index (κ1) is 11.9. The fourth-order valence-electron chi connectivity index (χ4n) is 2.02. The Labute approximate surface area is 99.6 Å². The number of carbonyl (C=O) groups is 2. The van der Waals surface area contributed by atoms with Gasteiger partial charge in [-0.05, 0) is 18.8 Å². The lowest BCUT2D eigenvalue weighted by atomic mass is 10.0. The molecule has 2 rings (SSSR count). The normalized spacial score (nSPS) is 15.2. The number of carboxylic acid groups (broad SMARTS) is 1. The maximum Gasteiger partial charge on any atom is 0.340 e. The van der Waals surface area contributed by atoms with Crippen LogP contribution in [0.3, 0.4) is 0 Å². The van der Waals surface area contributed by atoms with Gasteiger partial charge in [0.1, 0.15) is 17.1 Å². The molecule has 0 saturated heterocycles. The predicted molar refractivity (Wildman–Crippen MR) is 61.6 cm³/mol. The number of hydrogen-bond donors (Lipinski definition) is 1. The van der Waals surface area contributed by atoms with E-state index in [1.54, 1.807) is 0 Å². The second-order valence-corrected chi connectivity index (χ2v) is 4.90. The average Bonchev–Trinajstić information content (AvgIpc) is 2.96. The minimum atomic E-state index is -1.07. The van der Waals surface area contributed by atoms with Gasteiger partial charge in [0.05, 0.1) is 5.56 Å². The molecule has 0 bridgehead atoms. The largest absolute Gasteiger partial charge is 0.478 e. The van der Waals surface area contributed by atoms with Gasteiger partial charge in [0.15, 0.2) is 6.29 Å². The molecule has 1 saturated carbocycles. The second kappa shape index (κ2) is 4.35. The molecule has 0 unspecified atom stereocenters. The lowest BCUT2D eigenvalue weighted by Gasteiger charge is -2.00. The van der Waals surface area contributed by atoms with Crippen molar-refractivity contribution in [2.45, 2.75) is 39.0 Å². The summed E-state index contributed by atoms with van der Waals surface area (Å²) in [6.45, 7) is 3.77. The number of rotatable bonds is 5. The van der Waals surface area contributed by atoms with Gasteiger partial charge < -0.3 is 9.52 Å². The first-order valence-corrected chi connectivity index (χ1v) is 5.88. The number of furan rings is 1. The molecule has 4 heteroatoms. The molecule has 17 heavy (non-hydrogen) atoms. The molecule has 0 atom stereocenters. The van der Waals surface area contributed by atoms with E-state index >= 15 is 0 Å². The summed E-state index contributed by atoms with van der Waals surface area (Å²) >= 11 is 0. The number of hydrogen-bond acceptors (Lipinski definition) is 3. The second-order valence-electron chi connectivity index (χ2n) is 4.90. The van der Waals surface area contributed by atoms with E-state index < -0.39 is 5.97 Å². The van der Waals surface area contributed by atoms with Gasteiger partial charge in [-0.25, -0.2) is 4.79 Å². The van der Waals surface area contributed by atoms with Crippen LogP contribution in [0.1, 0.15) is 64.8 Å². The van der Waals surface area contributed by atoms with Crippen molar-refractivity contribution in [3.8, 4) is 0 Å². The Morgan fingerprint density at radius 1 is 1.53 bits per heavy atom. The Balaban J connectivity index is 2.48. The summed E-state index contributed by atoms with van der Waals surface area (Å²) in [4.78, 5) is 22.3. The van der Waals surface area contributed by atoms with Gasteiger partial charge in [-0.2, -0.15) is 0 Å². The molecule has 0 aromatic carbocycles. The number of carbonyl (C=O) groups excluding carboxylic acids is 1. The first-order valence-electron chi connectivity index (χ1n) is 5.88. The molecule has 0 aliphatic heterocycles. The molecule has 1 aliphatic carbocycles. The SMILES string of the molecule is CC(C)c1oc(CC2CC2)c(C(=O)O)c1C=O. The third-order valence-corrected chi connectivity index (χ3v) is 3.07. The molecule has 92 valence electrons. The fourth-order valence-corrected chi connectivity index (χ4v) is 2.02. The molecule has 1 N–H and O–H groups in total. The van der Waals surface area contributed by atoms with Gasteiger partial charge in [-0.1, -0.05) is 13.8 Å². The van der Waals surface area contributed by atoms with Gasteiger partial charge in [0, 0.05) is 12.3 Å². The topological polar surface area (TPSA) is 67.5 Å². The predicted octanol–water partition coefficient (Wildman–Crippen LogP) is 2.87. The van der Waals surface area contributed by atoms with Crippen LogP contribution in [0, 0.1) is 5.92 Å². The monoisotopic (exact) mass is 236 g/mol. The molecule has 1 aromatic heterocycles. The summed E-state index contributed by atoms with van der Waals surface area (Å²) in [6, 6.07) is 0. The standard InChI is InChI=1S/C13H16O4/c1-7(2)12-9(6-14)11(13(15)16)10(17-12)5-8-3-4-8/h6-8H,3-5H2,1-2H3,(H,15,16). The summed E-state index contributed by atoms with van der Waals surface area (Å²) < 4.78 is 5.60. The van der Waals surface area contributed by atoms with E-state index in [1.165, 1.54) is 0 Å². The van der Waals surface area contributed by atoms with Crippen LogP contribution in [0.4, 0.5) is 0 Å². The Kier molecular flexibility index (Phi) is 3.05. The third-order valence-electron chi connectivity index (χ3n) is 3.07. The Hall–Kier alpha value is -1.58. The highest BCUT2D eigenvalue weighted by molar-refractivity contribution is 5.99. The third kappa shape index (κ3) is 2.25. The van der Waals surface area contributed by atoms with Crippen LogP contribution >= 0.6 is 0 Å². The highest BCUT2D eigenvalue weighted by Gasteiger charge is 2.31. The smallest absolute Gasteiger partial charge is 0.340 e. The zero-order valence-electron chi connectivity index (χ0n) is 10.0. The van der Waals surface area contributed by atoms with E-state index in [2.05, 4.69) is 0 Å². The van der Waals surface area contributed by atoms with Crippen LogP contribution < -0.4 is 0 Å². The lowest BCUT2D eigenvalue weighted by Crippen LogP contribution is -2.04. The van der Waals surface area contributed by atoms with E-state index in [9.17, 15) is 14.7 Å². The average molecular weight is 236 g/mol. The minimum absolute atomic E-state index is 0.0150. The fraction of sp³-hybridized carbons (Fsp3) is 0.538. The Bertz CT molecular complexity index is 452. The van der Waals surface area contributed by atoms with Gasteiger partial charge >= 0.3 is 5.97 Å². The zero-order chi connectivity index (χ0) is 12.6. The highest BCUT2D eigenvalue weighted by atomic mass is 16.4. The maximum atomic E-state index is 11.2. The molecule has 1 heterocycles. The van der Waals surface area contributed by atoms with Crippen LogP contribution in [-0.2, 0) is 6.42 Å². The van der Waals surface area contributed by atoms with E-state index in [4.69, 9.17) is 4.42 Å². The van der Waals surface area contributed by atoms with Crippen LogP contribution in [-0.4, -0.2) is 17.4 Å². The molecule has 0 amide bonds. The molecule has 1 fully saturated rings. The molecular weight excluding hydrogens is 220 g/mol. The van der Waals surface area contributed by atoms with Crippen molar-refractivity contribution < 1.29 is 19.1 Å². The van der Waals surface area contributed by atoms with Crippen molar-refractivity contribution in [1.82, 2.24) is 0 Å². The van der Waals surface area contributed by atoms with Crippen molar-refractivity contribution in [3.63, 3.8) is 0 Å². The molecule has 1 aromatic rings. The molecule has 4 nitrogen and oxygen atoms in total. The van der Waals surface area contributed by atoms with E-state index in [0.29, 0.717) is 30.1 Å². The summed E-state index contributed by atoms with van der Waals surface area (Å²) in [5.74, 6) is 0.428. The van der Waals surface area contributed by atoms with E-state index in [1.807, 2.05) is 13.8 Å². The van der Waals surface area contributed by atoms with Crippen LogP contribution in [0.25, 0.3) is 0 Å². The van der Waals surface area contributed by atoms with Crippen molar-refractivity contribution in [2.75, 3.05) is 0 Å². The van der Waals surface area contributed by atoms with Gasteiger partial charge in [0.25, 0.3) is 0 Å². The van der Waals surface area contributed by atoms with Gasteiger partial charge in [0.2, 0.25) is 0 Å². The molecule has 0 radical (unpaired) electrons.